The Labute approximate surface area is 73.4 Å². The van der Waals surface area contributed by atoms with Crippen molar-refractivity contribution in [2.45, 2.75) is 13.3 Å². The fourth-order valence-corrected chi connectivity index (χ4v) is 0.877. The van der Waals surface area contributed by atoms with Gasteiger partial charge >= 0.3 is 0 Å². The van der Waals surface area contributed by atoms with Crippen LogP contribution in [-0.2, 0) is 6.42 Å². The molecule has 1 nitrogen and oxygen atoms in total. The van der Waals surface area contributed by atoms with Crippen LogP contribution in [0.3, 0.4) is 0 Å². The van der Waals surface area contributed by atoms with E-state index in [1.807, 2.05) is 18.2 Å². The number of hydrogen-bond donors (Lipinski definition) is 0. The van der Waals surface area contributed by atoms with Crippen molar-refractivity contribution in [2.24, 2.45) is 0 Å². The Balaban J connectivity index is 2.60. The quantitative estimate of drug-likeness (QED) is 0.613. The second-order valence-electron chi connectivity index (χ2n) is 2.40. The van der Waals surface area contributed by atoms with Gasteiger partial charge in [-0.15, -0.1) is 6.42 Å². The smallest absolute Gasteiger partial charge is 0.148 e. The molecule has 1 heteroatoms. The summed E-state index contributed by atoms with van der Waals surface area (Å²) in [5, 5.41) is 0. The van der Waals surface area contributed by atoms with Crippen molar-refractivity contribution in [1.29, 1.82) is 0 Å². The molecule has 0 N–H and O–H groups in total. The van der Waals surface area contributed by atoms with Gasteiger partial charge in [-0.3, -0.25) is 0 Å². The summed E-state index contributed by atoms with van der Waals surface area (Å²) in [6, 6.07) is 8.82. The minimum absolute atomic E-state index is 0.319. The number of aryl methyl sites for hydroxylation is 1. The van der Waals surface area contributed by atoms with Crippen molar-refractivity contribution in [3.05, 3.63) is 29.8 Å². The highest BCUT2D eigenvalue weighted by Crippen LogP contribution is 2.11. The maximum Gasteiger partial charge on any atom is 0.148 e. The molecule has 1 radical (unpaired) electrons. The van der Waals surface area contributed by atoms with E-state index in [1.165, 1.54) is 5.56 Å². The molecule has 1 aromatic carbocycles. The Morgan fingerprint density at radius 1 is 1.58 bits per heavy atom. The molecule has 0 heterocycles. The molecule has 1 rings (SSSR count). The van der Waals surface area contributed by atoms with Crippen LogP contribution in [0.5, 0.6) is 5.75 Å². The van der Waals surface area contributed by atoms with Crippen LogP contribution in [0.1, 0.15) is 12.5 Å². The van der Waals surface area contributed by atoms with Gasteiger partial charge in [-0.25, -0.2) is 0 Å². The van der Waals surface area contributed by atoms with E-state index in [9.17, 15) is 0 Å². The molecule has 0 aliphatic rings. The largest absolute Gasteiger partial charge is 0.481 e. The molecule has 1 aromatic rings. The van der Waals surface area contributed by atoms with Crippen LogP contribution >= 0.6 is 0 Å². The number of benzene rings is 1. The number of hydrogen-bond acceptors (Lipinski definition) is 1. The van der Waals surface area contributed by atoms with Gasteiger partial charge < -0.3 is 4.74 Å². The van der Waals surface area contributed by atoms with Gasteiger partial charge in [0.05, 0.1) is 0 Å². The van der Waals surface area contributed by atoms with Crippen LogP contribution in [0.25, 0.3) is 0 Å². The van der Waals surface area contributed by atoms with Crippen LogP contribution in [0.2, 0.25) is 0 Å². The molecule has 12 heavy (non-hydrogen) atoms. The molecule has 0 amide bonds. The summed E-state index contributed by atoms with van der Waals surface area (Å²) in [5.41, 5.74) is 1.18. The van der Waals surface area contributed by atoms with Gasteiger partial charge in [0, 0.05) is 0 Å². The maximum atomic E-state index is 5.19. The lowest BCUT2D eigenvalue weighted by Gasteiger charge is -2.01. The minimum atomic E-state index is 0.319. The van der Waals surface area contributed by atoms with Crippen LogP contribution in [0.15, 0.2) is 18.2 Å². The van der Waals surface area contributed by atoms with E-state index in [-0.39, 0.29) is 0 Å². The van der Waals surface area contributed by atoms with Gasteiger partial charge in [0.2, 0.25) is 0 Å². The number of terminal acetylenes is 1. The van der Waals surface area contributed by atoms with Crippen LogP contribution in [-0.4, -0.2) is 6.61 Å². The normalized spacial score (nSPS) is 9.00. The van der Waals surface area contributed by atoms with Crippen molar-refractivity contribution in [1.82, 2.24) is 0 Å². The first-order valence-corrected chi connectivity index (χ1v) is 3.93. The van der Waals surface area contributed by atoms with Crippen molar-refractivity contribution in [2.75, 3.05) is 6.61 Å². The monoisotopic (exact) mass is 159 g/mol. The molecule has 0 bridgehead atoms. The van der Waals surface area contributed by atoms with Crippen molar-refractivity contribution in [3.8, 4) is 18.1 Å². The molecule has 0 atom stereocenters. The van der Waals surface area contributed by atoms with Gasteiger partial charge in [0.1, 0.15) is 12.4 Å². The third-order valence-electron chi connectivity index (χ3n) is 1.55. The topological polar surface area (TPSA) is 9.23 Å². The molecule has 0 fully saturated rings. The molecular formula is C11H11O. The predicted molar refractivity (Wildman–Crippen MR) is 49.0 cm³/mol. The summed E-state index contributed by atoms with van der Waals surface area (Å²) in [4.78, 5) is 0. The van der Waals surface area contributed by atoms with E-state index in [1.54, 1.807) is 0 Å². The van der Waals surface area contributed by atoms with Crippen molar-refractivity contribution >= 4 is 0 Å². The lowest BCUT2D eigenvalue weighted by atomic mass is 10.2. The van der Waals surface area contributed by atoms with Crippen LogP contribution in [0.4, 0.5) is 0 Å². The molecule has 0 saturated heterocycles. The first-order chi connectivity index (χ1) is 5.86. The van der Waals surface area contributed by atoms with Gasteiger partial charge in [-0.1, -0.05) is 18.9 Å². The van der Waals surface area contributed by atoms with Gasteiger partial charge in [-0.2, -0.15) is 0 Å². The number of ether oxygens (including phenoxy) is 1. The third kappa shape index (κ3) is 2.32. The highest BCUT2D eigenvalue weighted by molar-refractivity contribution is 5.26. The summed E-state index contributed by atoms with van der Waals surface area (Å²) >= 11 is 0. The average Bonchev–Trinajstić information content (AvgIpc) is 2.15. The Kier molecular flexibility index (Phi) is 3.22. The molecule has 61 valence electrons. The van der Waals surface area contributed by atoms with Crippen LogP contribution in [0, 0.1) is 18.4 Å². The summed E-state index contributed by atoms with van der Waals surface area (Å²) in [6.07, 6.45) is 6.04. The SMILES string of the molecule is C#CCOc1c[c]c(CC)cc1. The maximum absolute atomic E-state index is 5.19. The van der Waals surface area contributed by atoms with E-state index < -0.39 is 0 Å². The summed E-state index contributed by atoms with van der Waals surface area (Å²) in [6.45, 7) is 2.41. The molecule has 0 aromatic heterocycles. The van der Waals surface area contributed by atoms with E-state index in [4.69, 9.17) is 11.2 Å². The molecule has 0 aliphatic heterocycles. The van der Waals surface area contributed by atoms with E-state index in [0.29, 0.717) is 6.61 Å². The molecular weight excluding hydrogens is 148 g/mol. The molecule has 0 aliphatic carbocycles. The standard InChI is InChI=1S/C11H11O/c1-3-9-12-11-7-5-10(4-2)6-8-11/h1,5,7-8H,4,9H2,2H3. The Morgan fingerprint density at radius 3 is 2.92 bits per heavy atom. The highest BCUT2D eigenvalue weighted by atomic mass is 16.5. The van der Waals surface area contributed by atoms with E-state index in [2.05, 4.69) is 18.9 Å². The summed E-state index contributed by atoms with van der Waals surface area (Å²) in [7, 11) is 0. The second kappa shape index (κ2) is 4.46. The zero-order chi connectivity index (χ0) is 8.81. The Morgan fingerprint density at radius 2 is 2.42 bits per heavy atom. The average molecular weight is 159 g/mol. The lowest BCUT2D eigenvalue weighted by molar-refractivity contribution is 0.370. The Bertz CT molecular complexity index is 266. The lowest BCUT2D eigenvalue weighted by Crippen LogP contribution is -1.93. The third-order valence-corrected chi connectivity index (χ3v) is 1.55. The van der Waals surface area contributed by atoms with E-state index in [0.717, 1.165) is 12.2 Å². The fourth-order valence-electron chi connectivity index (χ4n) is 0.877. The first-order valence-electron chi connectivity index (χ1n) is 3.93. The van der Waals surface area contributed by atoms with Gasteiger partial charge in [0.15, 0.2) is 0 Å². The fraction of sp³-hybridized carbons (Fsp3) is 0.273. The van der Waals surface area contributed by atoms with Gasteiger partial charge in [-0.05, 0) is 30.2 Å². The number of rotatable bonds is 3. The van der Waals surface area contributed by atoms with Gasteiger partial charge in [0.25, 0.3) is 0 Å². The summed E-state index contributed by atoms with van der Waals surface area (Å²) in [5.74, 6) is 3.19. The summed E-state index contributed by atoms with van der Waals surface area (Å²) < 4.78 is 5.19. The van der Waals surface area contributed by atoms with E-state index >= 15 is 0 Å². The first kappa shape index (κ1) is 8.67. The molecule has 0 unspecified atom stereocenters. The molecule has 0 saturated carbocycles. The predicted octanol–water partition coefficient (Wildman–Crippen LogP) is 2.06. The minimum Gasteiger partial charge on any atom is -0.481 e. The zero-order valence-electron chi connectivity index (χ0n) is 7.13. The highest BCUT2D eigenvalue weighted by Gasteiger charge is 1.92. The molecule has 0 spiro atoms. The Hall–Kier alpha value is -1.42. The van der Waals surface area contributed by atoms with Crippen molar-refractivity contribution < 1.29 is 4.74 Å². The zero-order valence-corrected chi connectivity index (χ0v) is 7.13. The van der Waals surface area contributed by atoms with Crippen molar-refractivity contribution in [3.63, 3.8) is 0 Å². The van der Waals surface area contributed by atoms with Crippen LogP contribution < -0.4 is 4.74 Å². The second-order valence-corrected chi connectivity index (χ2v) is 2.40.